The molecule has 3 rings (SSSR count). The molecule has 1 aliphatic heterocycles. The number of likely N-dealkylation sites (tertiary alicyclic amines) is 1. The highest BCUT2D eigenvalue weighted by Crippen LogP contribution is 2.31. The lowest BCUT2D eigenvalue weighted by atomic mass is 9.99. The first-order chi connectivity index (χ1) is 10.1. The van der Waals surface area contributed by atoms with Crippen molar-refractivity contribution in [2.45, 2.75) is 45.2 Å². The quantitative estimate of drug-likeness (QED) is 0.869. The first-order valence-electron chi connectivity index (χ1n) is 8.04. The molecule has 1 saturated heterocycles. The molecule has 1 aromatic carbocycles. The summed E-state index contributed by atoms with van der Waals surface area (Å²) in [4.78, 5) is 16.9. The Labute approximate surface area is 126 Å². The number of nitrogens with zero attached hydrogens (tertiary/aromatic N) is 2. The number of nitrogens with two attached hydrogens (primary N) is 1. The van der Waals surface area contributed by atoms with Gasteiger partial charge in [0.1, 0.15) is 0 Å². The van der Waals surface area contributed by atoms with E-state index in [1.165, 1.54) is 0 Å². The Morgan fingerprint density at radius 3 is 2.52 bits per heavy atom. The second-order valence-corrected chi connectivity index (χ2v) is 6.51. The molecule has 0 unspecified atom stereocenters. The lowest BCUT2D eigenvalue weighted by Crippen LogP contribution is -2.47. The molecule has 114 valence electrons. The minimum absolute atomic E-state index is 0.202. The summed E-state index contributed by atoms with van der Waals surface area (Å²) >= 11 is 0. The van der Waals surface area contributed by atoms with Crippen LogP contribution < -0.4 is 5.73 Å². The fraction of sp³-hybridized carbons (Fsp3) is 0.588. The van der Waals surface area contributed by atoms with Crippen molar-refractivity contribution in [3.05, 3.63) is 29.8 Å². The highest BCUT2D eigenvalue weighted by atomic mass is 16.2. The van der Waals surface area contributed by atoms with Gasteiger partial charge < -0.3 is 15.5 Å². The second kappa shape index (κ2) is 5.96. The summed E-state index contributed by atoms with van der Waals surface area (Å²) in [5.74, 6) is 0.744. The molecule has 2 N–H and O–H groups in total. The van der Waals surface area contributed by atoms with Crippen LogP contribution in [0.15, 0.2) is 24.3 Å². The number of anilines is 1. The third-order valence-corrected chi connectivity index (χ3v) is 4.68. The maximum Gasteiger partial charge on any atom is 0.320 e. The van der Waals surface area contributed by atoms with Crippen LogP contribution in [0.4, 0.5) is 10.5 Å². The molecule has 1 aliphatic carbocycles. The Bertz CT molecular complexity index is 505. The SMILES string of the molecule is CC1CCN(C(=O)N(Cc2ccccc2N)C2CC2)CC1. The van der Waals surface area contributed by atoms with Gasteiger partial charge in [-0.2, -0.15) is 0 Å². The monoisotopic (exact) mass is 287 g/mol. The van der Waals surface area contributed by atoms with E-state index in [0.717, 1.165) is 55.9 Å². The average molecular weight is 287 g/mol. The topological polar surface area (TPSA) is 49.6 Å². The van der Waals surface area contributed by atoms with Gasteiger partial charge in [0, 0.05) is 31.4 Å². The maximum absolute atomic E-state index is 12.8. The number of hydrogen-bond donors (Lipinski definition) is 1. The summed E-state index contributed by atoms with van der Waals surface area (Å²) in [6, 6.07) is 8.48. The summed E-state index contributed by atoms with van der Waals surface area (Å²) in [5, 5.41) is 0. The van der Waals surface area contributed by atoms with Gasteiger partial charge in [0.15, 0.2) is 0 Å². The molecule has 0 atom stereocenters. The van der Waals surface area contributed by atoms with E-state index in [4.69, 9.17) is 5.73 Å². The minimum atomic E-state index is 0.202. The lowest BCUT2D eigenvalue weighted by Gasteiger charge is -2.35. The molecular weight excluding hydrogens is 262 g/mol. The molecular formula is C17H25N3O. The predicted octanol–water partition coefficient (Wildman–Crippen LogP) is 3.09. The van der Waals surface area contributed by atoms with Crippen LogP contribution in [0.1, 0.15) is 38.2 Å². The molecule has 0 bridgehead atoms. The summed E-state index contributed by atoms with van der Waals surface area (Å²) in [6.07, 6.45) is 4.50. The van der Waals surface area contributed by atoms with Gasteiger partial charge in [0.2, 0.25) is 0 Å². The van der Waals surface area contributed by atoms with Crippen molar-refractivity contribution in [3.8, 4) is 0 Å². The van der Waals surface area contributed by atoms with Gasteiger partial charge in [-0.3, -0.25) is 0 Å². The summed E-state index contributed by atoms with van der Waals surface area (Å²) < 4.78 is 0. The van der Waals surface area contributed by atoms with Crippen molar-refractivity contribution >= 4 is 11.7 Å². The molecule has 1 saturated carbocycles. The molecule has 1 heterocycles. The predicted molar refractivity (Wildman–Crippen MR) is 84.8 cm³/mol. The van der Waals surface area contributed by atoms with Crippen LogP contribution in [0.5, 0.6) is 0 Å². The van der Waals surface area contributed by atoms with Gasteiger partial charge in [-0.15, -0.1) is 0 Å². The molecule has 0 spiro atoms. The number of urea groups is 1. The van der Waals surface area contributed by atoms with E-state index < -0.39 is 0 Å². The summed E-state index contributed by atoms with van der Waals surface area (Å²) in [7, 11) is 0. The van der Waals surface area contributed by atoms with E-state index in [9.17, 15) is 4.79 Å². The third-order valence-electron chi connectivity index (χ3n) is 4.68. The van der Waals surface area contributed by atoms with E-state index in [2.05, 4.69) is 6.92 Å². The van der Waals surface area contributed by atoms with Crippen LogP contribution in [0.25, 0.3) is 0 Å². The van der Waals surface area contributed by atoms with Gasteiger partial charge in [0.05, 0.1) is 0 Å². The Morgan fingerprint density at radius 1 is 1.24 bits per heavy atom. The molecule has 4 heteroatoms. The first-order valence-corrected chi connectivity index (χ1v) is 8.04. The smallest absolute Gasteiger partial charge is 0.320 e. The van der Waals surface area contributed by atoms with Crippen LogP contribution in [-0.4, -0.2) is 35.0 Å². The maximum atomic E-state index is 12.8. The molecule has 2 aliphatic rings. The Morgan fingerprint density at radius 2 is 1.90 bits per heavy atom. The van der Waals surface area contributed by atoms with Crippen LogP contribution in [0.2, 0.25) is 0 Å². The van der Waals surface area contributed by atoms with Crippen LogP contribution in [-0.2, 0) is 6.54 Å². The van der Waals surface area contributed by atoms with E-state index in [0.29, 0.717) is 12.6 Å². The van der Waals surface area contributed by atoms with Gasteiger partial charge in [-0.05, 0) is 43.2 Å². The van der Waals surface area contributed by atoms with Crippen molar-refractivity contribution in [2.24, 2.45) is 5.92 Å². The van der Waals surface area contributed by atoms with Crippen molar-refractivity contribution in [1.82, 2.24) is 9.80 Å². The van der Waals surface area contributed by atoms with Gasteiger partial charge >= 0.3 is 6.03 Å². The molecule has 2 amide bonds. The molecule has 2 fully saturated rings. The normalized spacial score (nSPS) is 19.6. The highest BCUT2D eigenvalue weighted by molar-refractivity contribution is 5.75. The standard InChI is InChI=1S/C17H25N3O/c1-13-8-10-19(11-9-13)17(21)20(15-6-7-15)12-14-4-2-3-5-16(14)18/h2-5,13,15H,6-12,18H2,1H3. The third kappa shape index (κ3) is 3.31. The van der Waals surface area contributed by atoms with Gasteiger partial charge in [-0.25, -0.2) is 4.79 Å². The van der Waals surface area contributed by atoms with Gasteiger partial charge in [-0.1, -0.05) is 25.1 Å². The largest absolute Gasteiger partial charge is 0.398 e. The number of benzene rings is 1. The van der Waals surface area contributed by atoms with Crippen LogP contribution in [0.3, 0.4) is 0 Å². The molecule has 0 radical (unpaired) electrons. The molecule has 4 nitrogen and oxygen atoms in total. The zero-order chi connectivity index (χ0) is 14.8. The number of piperidine rings is 1. The highest BCUT2D eigenvalue weighted by Gasteiger charge is 2.35. The van der Waals surface area contributed by atoms with Crippen LogP contribution in [0, 0.1) is 5.92 Å². The number of carbonyl (C=O) groups is 1. The summed E-state index contributed by atoms with van der Waals surface area (Å²) in [5.41, 5.74) is 7.87. The van der Waals surface area contributed by atoms with Crippen molar-refractivity contribution in [3.63, 3.8) is 0 Å². The minimum Gasteiger partial charge on any atom is -0.398 e. The fourth-order valence-electron chi connectivity index (χ4n) is 2.98. The fourth-order valence-corrected chi connectivity index (χ4v) is 2.98. The Hall–Kier alpha value is -1.71. The number of rotatable bonds is 3. The van der Waals surface area contributed by atoms with E-state index in [1.807, 2.05) is 34.1 Å². The lowest BCUT2D eigenvalue weighted by molar-refractivity contribution is 0.129. The zero-order valence-corrected chi connectivity index (χ0v) is 12.8. The Kier molecular flexibility index (Phi) is 4.04. The second-order valence-electron chi connectivity index (χ2n) is 6.51. The van der Waals surface area contributed by atoms with E-state index >= 15 is 0 Å². The Balaban J connectivity index is 1.70. The van der Waals surface area contributed by atoms with Crippen molar-refractivity contribution in [2.75, 3.05) is 18.8 Å². The first kappa shape index (κ1) is 14.2. The number of carbonyl (C=O) groups excluding carboxylic acids is 1. The van der Waals surface area contributed by atoms with E-state index in [1.54, 1.807) is 0 Å². The molecule has 1 aromatic rings. The van der Waals surface area contributed by atoms with E-state index in [-0.39, 0.29) is 6.03 Å². The average Bonchev–Trinajstić information content (AvgIpc) is 3.31. The molecule has 21 heavy (non-hydrogen) atoms. The number of para-hydroxylation sites is 1. The summed E-state index contributed by atoms with van der Waals surface area (Å²) in [6.45, 7) is 4.70. The van der Waals surface area contributed by atoms with Gasteiger partial charge in [0.25, 0.3) is 0 Å². The number of amides is 2. The zero-order valence-electron chi connectivity index (χ0n) is 12.8. The molecule has 0 aromatic heterocycles. The van der Waals surface area contributed by atoms with Crippen LogP contribution >= 0.6 is 0 Å². The van der Waals surface area contributed by atoms with Crippen molar-refractivity contribution in [1.29, 1.82) is 0 Å². The number of nitrogen functional groups attached to an aromatic ring is 1. The van der Waals surface area contributed by atoms with Crippen molar-refractivity contribution < 1.29 is 4.79 Å². The number of hydrogen-bond acceptors (Lipinski definition) is 2.